The highest BCUT2D eigenvalue weighted by Crippen LogP contribution is 2.47. The number of carbonyl (C=O) groups is 1. The molecule has 0 saturated heterocycles. The van der Waals surface area contributed by atoms with Gasteiger partial charge in [0.1, 0.15) is 17.2 Å². The van der Waals surface area contributed by atoms with Crippen LogP contribution in [0.1, 0.15) is 27.0 Å². The summed E-state index contributed by atoms with van der Waals surface area (Å²) in [7, 11) is 0. The van der Waals surface area contributed by atoms with Crippen LogP contribution in [0.25, 0.3) is 0 Å². The topological polar surface area (TPSA) is 55.8 Å². The van der Waals surface area contributed by atoms with Crippen molar-refractivity contribution in [1.82, 2.24) is 0 Å². The zero-order valence-electron chi connectivity index (χ0n) is 16.0. The quantitative estimate of drug-likeness (QED) is 0.455. The first kappa shape index (κ1) is 18.0. The van der Waals surface area contributed by atoms with E-state index in [0.717, 1.165) is 22.4 Å². The summed E-state index contributed by atoms with van der Waals surface area (Å²) in [6.07, 6.45) is 0. The molecule has 0 unspecified atom stereocenters. The van der Waals surface area contributed by atoms with Gasteiger partial charge in [-0.2, -0.15) is 0 Å². The van der Waals surface area contributed by atoms with Gasteiger partial charge in [0, 0.05) is 16.7 Å². The number of para-hydroxylation sites is 1. The highest BCUT2D eigenvalue weighted by molar-refractivity contribution is 5.96. The average molecular weight is 394 g/mol. The highest BCUT2D eigenvalue weighted by Gasteiger charge is 2.48. The molecule has 0 fully saturated rings. The SMILES string of the molecule is O=C1O[C@@](c2ccc(O)cc2)(c2ccc(Oc3ccccc3)cc2)c2ccccc21. The third-order valence-electron chi connectivity index (χ3n) is 5.29. The van der Waals surface area contributed by atoms with Crippen LogP contribution in [-0.2, 0) is 10.3 Å². The molecule has 1 aliphatic rings. The van der Waals surface area contributed by atoms with Gasteiger partial charge in [0.25, 0.3) is 0 Å². The van der Waals surface area contributed by atoms with Crippen LogP contribution in [0.2, 0.25) is 0 Å². The predicted molar refractivity (Wildman–Crippen MR) is 113 cm³/mol. The maximum atomic E-state index is 12.7. The Balaban J connectivity index is 1.62. The zero-order chi connectivity index (χ0) is 20.6. The Morgan fingerprint density at radius 2 is 1.23 bits per heavy atom. The van der Waals surface area contributed by atoms with E-state index < -0.39 is 5.60 Å². The summed E-state index contributed by atoms with van der Waals surface area (Å²) in [6.45, 7) is 0. The number of phenolic OH excluding ortho intramolecular Hbond substituents is 1. The summed E-state index contributed by atoms with van der Waals surface area (Å²) >= 11 is 0. The van der Waals surface area contributed by atoms with E-state index >= 15 is 0 Å². The molecule has 0 saturated carbocycles. The van der Waals surface area contributed by atoms with Gasteiger partial charge < -0.3 is 14.6 Å². The minimum Gasteiger partial charge on any atom is -0.508 e. The van der Waals surface area contributed by atoms with Crippen molar-refractivity contribution in [3.8, 4) is 17.2 Å². The Kier molecular flexibility index (Phi) is 4.25. The Labute approximate surface area is 174 Å². The van der Waals surface area contributed by atoms with E-state index in [2.05, 4.69) is 0 Å². The third-order valence-corrected chi connectivity index (χ3v) is 5.29. The van der Waals surface area contributed by atoms with E-state index in [1.165, 1.54) is 0 Å². The van der Waals surface area contributed by atoms with Crippen LogP contribution >= 0.6 is 0 Å². The van der Waals surface area contributed by atoms with Gasteiger partial charge >= 0.3 is 5.97 Å². The van der Waals surface area contributed by atoms with Crippen LogP contribution in [-0.4, -0.2) is 11.1 Å². The molecule has 146 valence electrons. The molecule has 1 N–H and O–H groups in total. The molecule has 0 bridgehead atoms. The second-order valence-corrected chi connectivity index (χ2v) is 7.10. The zero-order valence-corrected chi connectivity index (χ0v) is 16.0. The van der Waals surface area contributed by atoms with E-state index in [4.69, 9.17) is 9.47 Å². The summed E-state index contributed by atoms with van der Waals surface area (Å²) in [5.74, 6) is 1.21. The molecule has 4 aromatic rings. The van der Waals surface area contributed by atoms with Gasteiger partial charge in [-0.05, 0) is 42.5 Å². The Morgan fingerprint density at radius 1 is 0.667 bits per heavy atom. The summed E-state index contributed by atoms with van der Waals surface area (Å²) in [4.78, 5) is 12.7. The number of fused-ring (bicyclic) bond motifs is 1. The standard InChI is InChI=1S/C26H18O4/c27-20-14-10-18(11-15-20)26(24-9-5-4-8-23(24)25(28)30-26)19-12-16-22(17-13-19)29-21-6-2-1-3-7-21/h1-17,27H/t26-/m0/s1. The van der Waals surface area contributed by atoms with Crippen molar-refractivity contribution in [2.75, 3.05) is 0 Å². The maximum absolute atomic E-state index is 12.7. The monoisotopic (exact) mass is 394 g/mol. The molecule has 0 aromatic heterocycles. The van der Waals surface area contributed by atoms with E-state index in [1.54, 1.807) is 30.3 Å². The minimum atomic E-state index is -1.09. The summed E-state index contributed by atoms with van der Waals surface area (Å²) < 4.78 is 11.9. The normalized spacial score (nSPS) is 17.3. The maximum Gasteiger partial charge on any atom is 0.340 e. The molecule has 5 rings (SSSR count). The molecule has 4 heteroatoms. The molecule has 4 nitrogen and oxygen atoms in total. The van der Waals surface area contributed by atoms with Gasteiger partial charge in [0.2, 0.25) is 0 Å². The predicted octanol–water partition coefficient (Wildman–Crippen LogP) is 5.65. The number of carbonyl (C=O) groups excluding carboxylic acids is 1. The summed E-state index contributed by atoms with van der Waals surface area (Å²) in [6, 6.07) is 31.2. The van der Waals surface area contributed by atoms with Gasteiger partial charge in [-0.15, -0.1) is 0 Å². The fourth-order valence-electron chi connectivity index (χ4n) is 3.89. The molecule has 1 atom stereocenters. The van der Waals surface area contributed by atoms with Crippen LogP contribution in [0, 0.1) is 0 Å². The van der Waals surface area contributed by atoms with Crippen LogP contribution < -0.4 is 4.74 Å². The van der Waals surface area contributed by atoms with Gasteiger partial charge in [-0.1, -0.05) is 60.7 Å². The van der Waals surface area contributed by atoms with E-state index in [-0.39, 0.29) is 11.7 Å². The third kappa shape index (κ3) is 2.90. The van der Waals surface area contributed by atoms with Crippen molar-refractivity contribution in [2.24, 2.45) is 0 Å². The lowest BCUT2D eigenvalue weighted by Gasteiger charge is -2.30. The number of aromatic hydroxyl groups is 1. The fraction of sp³-hybridized carbons (Fsp3) is 0.0385. The number of esters is 1. The number of hydrogen-bond acceptors (Lipinski definition) is 4. The Bertz CT molecular complexity index is 1200. The molecule has 0 aliphatic carbocycles. The number of ether oxygens (including phenoxy) is 2. The van der Waals surface area contributed by atoms with Crippen molar-refractivity contribution in [3.63, 3.8) is 0 Å². The van der Waals surface area contributed by atoms with E-state index in [1.807, 2.05) is 72.8 Å². The molecular formula is C26H18O4. The molecule has 1 heterocycles. The van der Waals surface area contributed by atoms with Gasteiger partial charge in [0.05, 0.1) is 5.56 Å². The van der Waals surface area contributed by atoms with Crippen molar-refractivity contribution >= 4 is 5.97 Å². The van der Waals surface area contributed by atoms with Crippen LogP contribution in [0.15, 0.2) is 103 Å². The van der Waals surface area contributed by atoms with Crippen LogP contribution in [0.4, 0.5) is 0 Å². The second kappa shape index (κ2) is 7.08. The lowest BCUT2D eigenvalue weighted by Crippen LogP contribution is -2.29. The van der Waals surface area contributed by atoms with Crippen molar-refractivity contribution in [2.45, 2.75) is 5.60 Å². The second-order valence-electron chi connectivity index (χ2n) is 7.10. The molecule has 1 aliphatic heterocycles. The van der Waals surface area contributed by atoms with Gasteiger partial charge in [-0.25, -0.2) is 4.79 Å². The number of rotatable bonds is 4. The van der Waals surface area contributed by atoms with Gasteiger partial charge in [0.15, 0.2) is 5.60 Å². The number of cyclic esters (lactones) is 1. The number of benzene rings is 4. The van der Waals surface area contributed by atoms with Crippen molar-refractivity contribution in [3.05, 3.63) is 125 Å². The van der Waals surface area contributed by atoms with Crippen molar-refractivity contribution < 1.29 is 19.4 Å². The molecule has 4 aromatic carbocycles. The van der Waals surface area contributed by atoms with E-state index in [0.29, 0.717) is 11.3 Å². The Hall–Kier alpha value is -4.05. The van der Waals surface area contributed by atoms with Crippen LogP contribution in [0.3, 0.4) is 0 Å². The summed E-state index contributed by atoms with van der Waals surface area (Å²) in [5, 5.41) is 9.75. The lowest BCUT2D eigenvalue weighted by atomic mass is 9.80. The first-order chi connectivity index (χ1) is 14.7. The highest BCUT2D eigenvalue weighted by atomic mass is 16.6. The van der Waals surface area contributed by atoms with Gasteiger partial charge in [-0.3, -0.25) is 0 Å². The van der Waals surface area contributed by atoms with Crippen molar-refractivity contribution in [1.29, 1.82) is 0 Å². The first-order valence-electron chi connectivity index (χ1n) is 9.62. The average Bonchev–Trinajstić information content (AvgIpc) is 3.09. The molecule has 0 spiro atoms. The molecule has 0 radical (unpaired) electrons. The smallest absolute Gasteiger partial charge is 0.340 e. The molecular weight excluding hydrogens is 376 g/mol. The first-order valence-corrected chi connectivity index (χ1v) is 9.62. The number of phenols is 1. The number of hydrogen-bond donors (Lipinski definition) is 1. The van der Waals surface area contributed by atoms with Crippen LogP contribution in [0.5, 0.6) is 17.2 Å². The molecule has 0 amide bonds. The molecule has 30 heavy (non-hydrogen) atoms. The Morgan fingerprint density at radius 3 is 1.93 bits per heavy atom. The largest absolute Gasteiger partial charge is 0.508 e. The lowest BCUT2D eigenvalue weighted by molar-refractivity contribution is 0.0251. The minimum absolute atomic E-state index is 0.151. The summed E-state index contributed by atoms with van der Waals surface area (Å²) in [5.41, 5.74) is 1.78. The fourth-order valence-corrected chi connectivity index (χ4v) is 3.89. The van der Waals surface area contributed by atoms with E-state index in [9.17, 15) is 9.90 Å².